The minimum atomic E-state index is 0.0653. The van der Waals surface area contributed by atoms with Gasteiger partial charge in [0.15, 0.2) is 11.5 Å². The van der Waals surface area contributed by atoms with Crippen LogP contribution in [0.15, 0.2) is 22.9 Å². The summed E-state index contributed by atoms with van der Waals surface area (Å²) in [5.41, 5.74) is 0.353. The molecule has 19 heavy (non-hydrogen) atoms. The van der Waals surface area contributed by atoms with Crippen LogP contribution in [0.25, 0.3) is 11.6 Å². The maximum Gasteiger partial charge on any atom is 0.280 e. The lowest BCUT2D eigenvalue weighted by Crippen LogP contribution is -1.97. The molecule has 1 aliphatic rings. The molecule has 1 aliphatic carbocycles. The number of nitrogens with zero attached hydrogens (tertiary/aromatic N) is 3. The normalized spacial score (nSPS) is 22.8. The number of aromatic nitrogens is 3. The third-order valence-electron chi connectivity index (χ3n) is 3.91. The van der Waals surface area contributed by atoms with Gasteiger partial charge in [0.05, 0.1) is 0 Å². The van der Waals surface area contributed by atoms with Crippen molar-refractivity contribution in [3.63, 3.8) is 0 Å². The van der Waals surface area contributed by atoms with Gasteiger partial charge in [-0.15, -0.1) is 0 Å². The van der Waals surface area contributed by atoms with Crippen LogP contribution in [0.4, 0.5) is 0 Å². The highest BCUT2D eigenvalue weighted by Gasteiger charge is 2.28. The van der Waals surface area contributed by atoms with Gasteiger partial charge in [0.2, 0.25) is 0 Å². The Morgan fingerprint density at radius 1 is 1.42 bits per heavy atom. The average Bonchev–Trinajstić information content (AvgIpc) is 3.08. The van der Waals surface area contributed by atoms with Crippen LogP contribution in [-0.4, -0.2) is 20.2 Å². The lowest BCUT2D eigenvalue weighted by atomic mass is 10.0. The standard InChI is InChI=1S/C14H17N3O2/c1-2-9-5-6-10(8-9)13-16-14(19-17-13)12-11(18)4-3-7-15-12/h3-4,7,9-10,18H,2,5-6,8H2,1H3. The van der Waals surface area contributed by atoms with Gasteiger partial charge >= 0.3 is 0 Å². The molecule has 2 atom stereocenters. The van der Waals surface area contributed by atoms with Crippen LogP contribution in [-0.2, 0) is 0 Å². The Kier molecular flexibility index (Phi) is 3.19. The average molecular weight is 259 g/mol. The topological polar surface area (TPSA) is 72.0 Å². The van der Waals surface area contributed by atoms with Crippen molar-refractivity contribution in [3.05, 3.63) is 24.2 Å². The van der Waals surface area contributed by atoms with Crippen molar-refractivity contribution in [2.24, 2.45) is 5.92 Å². The van der Waals surface area contributed by atoms with Gasteiger partial charge in [-0.25, -0.2) is 4.98 Å². The Morgan fingerprint density at radius 3 is 3.05 bits per heavy atom. The fourth-order valence-electron chi connectivity index (χ4n) is 2.74. The van der Waals surface area contributed by atoms with Gasteiger partial charge in [0.1, 0.15) is 5.75 Å². The van der Waals surface area contributed by atoms with Crippen molar-refractivity contribution >= 4 is 0 Å². The van der Waals surface area contributed by atoms with Gasteiger partial charge in [-0.3, -0.25) is 0 Å². The minimum Gasteiger partial charge on any atom is -0.505 e. The molecule has 1 fully saturated rings. The molecular weight excluding hydrogens is 242 g/mol. The summed E-state index contributed by atoms with van der Waals surface area (Å²) in [4.78, 5) is 8.47. The molecule has 0 radical (unpaired) electrons. The molecule has 5 nitrogen and oxygen atoms in total. The van der Waals surface area contributed by atoms with Crippen molar-refractivity contribution in [1.82, 2.24) is 15.1 Å². The summed E-state index contributed by atoms with van der Waals surface area (Å²) in [6.45, 7) is 2.22. The van der Waals surface area contributed by atoms with E-state index in [1.54, 1.807) is 18.3 Å². The van der Waals surface area contributed by atoms with E-state index in [1.165, 1.54) is 12.8 Å². The highest BCUT2D eigenvalue weighted by atomic mass is 16.5. The molecule has 0 aliphatic heterocycles. The summed E-state index contributed by atoms with van der Waals surface area (Å²) in [5, 5.41) is 13.8. The Labute approximate surface area is 111 Å². The van der Waals surface area contributed by atoms with Gasteiger partial charge in [-0.1, -0.05) is 18.5 Å². The molecule has 5 heteroatoms. The van der Waals surface area contributed by atoms with E-state index in [9.17, 15) is 5.11 Å². The molecule has 2 aromatic heterocycles. The second kappa shape index (κ2) is 4.99. The molecule has 0 aromatic carbocycles. The molecule has 100 valence electrons. The molecule has 1 N–H and O–H groups in total. The zero-order valence-electron chi connectivity index (χ0n) is 10.9. The van der Waals surface area contributed by atoms with Crippen LogP contribution in [0.5, 0.6) is 5.75 Å². The highest BCUT2D eigenvalue weighted by molar-refractivity contribution is 5.55. The van der Waals surface area contributed by atoms with E-state index in [0.717, 1.165) is 24.6 Å². The summed E-state index contributed by atoms with van der Waals surface area (Å²) < 4.78 is 5.23. The summed E-state index contributed by atoms with van der Waals surface area (Å²) in [6, 6.07) is 3.23. The number of aromatic hydroxyl groups is 1. The molecule has 2 aromatic rings. The largest absolute Gasteiger partial charge is 0.505 e. The Morgan fingerprint density at radius 2 is 2.32 bits per heavy atom. The van der Waals surface area contributed by atoms with Crippen LogP contribution >= 0.6 is 0 Å². The fourth-order valence-corrected chi connectivity index (χ4v) is 2.74. The van der Waals surface area contributed by atoms with Crippen LogP contribution in [0, 0.1) is 5.92 Å². The maximum atomic E-state index is 9.73. The Hall–Kier alpha value is -1.91. The van der Waals surface area contributed by atoms with Crippen molar-refractivity contribution < 1.29 is 9.63 Å². The molecule has 2 unspecified atom stereocenters. The van der Waals surface area contributed by atoms with Crippen LogP contribution < -0.4 is 0 Å². The quantitative estimate of drug-likeness (QED) is 0.916. The summed E-state index contributed by atoms with van der Waals surface area (Å²) in [6.07, 6.45) is 6.29. The number of hydrogen-bond donors (Lipinski definition) is 1. The predicted octanol–water partition coefficient (Wildman–Crippen LogP) is 3.13. The SMILES string of the molecule is CCC1CCC(c2noc(-c3ncccc3O)n2)C1. The summed E-state index contributed by atoms with van der Waals surface area (Å²) >= 11 is 0. The van der Waals surface area contributed by atoms with E-state index >= 15 is 0 Å². The van der Waals surface area contributed by atoms with E-state index < -0.39 is 0 Å². The molecule has 0 bridgehead atoms. The molecule has 0 spiro atoms. The van der Waals surface area contributed by atoms with Crippen LogP contribution in [0.2, 0.25) is 0 Å². The molecule has 0 amide bonds. The second-order valence-electron chi connectivity index (χ2n) is 5.11. The van der Waals surface area contributed by atoms with E-state index in [4.69, 9.17) is 4.52 Å². The van der Waals surface area contributed by atoms with Gasteiger partial charge in [0, 0.05) is 12.1 Å². The van der Waals surface area contributed by atoms with Gasteiger partial charge in [0.25, 0.3) is 5.89 Å². The first-order valence-electron chi connectivity index (χ1n) is 6.76. The minimum absolute atomic E-state index is 0.0653. The predicted molar refractivity (Wildman–Crippen MR) is 69.6 cm³/mol. The number of rotatable bonds is 3. The van der Waals surface area contributed by atoms with Crippen LogP contribution in [0.1, 0.15) is 44.3 Å². The van der Waals surface area contributed by atoms with Gasteiger partial charge < -0.3 is 9.63 Å². The van der Waals surface area contributed by atoms with Crippen molar-refractivity contribution in [2.45, 2.75) is 38.5 Å². The smallest absolute Gasteiger partial charge is 0.280 e. The highest BCUT2D eigenvalue weighted by Crippen LogP contribution is 2.39. The Bertz CT molecular complexity index is 567. The van der Waals surface area contributed by atoms with E-state index in [1.807, 2.05) is 0 Å². The van der Waals surface area contributed by atoms with E-state index in [2.05, 4.69) is 22.0 Å². The molecule has 3 rings (SSSR count). The molecule has 2 heterocycles. The van der Waals surface area contributed by atoms with Crippen LogP contribution in [0.3, 0.4) is 0 Å². The van der Waals surface area contributed by atoms with Gasteiger partial charge in [-0.05, 0) is 37.3 Å². The number of pyridine rings is 1. The first kappa shape index (κ1) is 12.1. The zero-order chi connectivity index (χ0) is 13.2. The lowest BCUT2D eigenvalue weighted by Gasteiger charge is -2.04. The van der Waals surface area contributed by atoms with E-state index in [-0.39, 0.29) is 5.75 Å². The first-order chi connectivity index (χ1) is 9.28. The number of hydrogen-bond acceptors (Lipinski definition) is 5. The fraction of sp³-hybridized carbons (Fsp3) is 0.500. The zero-order valence-corrected chi connectivity index (χ0v) is 10.9. The van der Waals surface area contributed by atoms with Crippen molar-refractivity contribution in [1.29, 1.82) is 0 Å². The third-order valence-corrected chi connectivity index (χ3v) is 3.91. The molecule has 1 saturated carbocycles. The lowest BCUT2D eigenvalue weighted by molar-refractivity contribution is 0.408. The monoisotopic (exact) mass is 259 g/mol. The van der Waals surface area contributed by atoms with Crippen molar-refractivity contribution in [2.75, 3.05) is 0 Å². The summed E-state index contributed by atoms with van der Waals surface area (Å²) in [7, 11) is 0. The second-order valence-corrected chi connectivity index (χ2v) is 5.11. The third kappa shape index (κ3) is 2.32. The summed E-state index contributed by atoms with van der Waals surface area (Å²) in [5.74, 6) is 2.27. The van der Waals surface area contributed by atoms with Gasteiger partial charge in [-0.2, -0.15) is 4.98 Å². The molecule has 0 saturated heterocycles. The van der Waals surface area contributed by atoms with Crippen molar-refractivity contribution in [3.8, 4) is 17.3 Å². The Balaban J connectivity index is 1.82. The van der Waals surface area contributed by atoms with E-state index in [0.29, 0.717) is 17.5 Å². The maximum absolute atomic E-state index is 9.73. The molecular formula is C14H17N3O2. The first-order valence-corrected chi connectivity index (χ1v) is 6.76.